The van der Waals surface area contributed by atoms with Gasteiger partial charge in [-0.25, -0.2) is 0 Å². The van der Waals surface area contributed by atoms with Crippen LogP contribution in [-0.4, -0.2) is 5.78 Å². The first-order valence-electron chi connectivity index (χ1n) is 5.94. The van der Waals surface area contributed by atoms with Gasteiger partial charge in [-0.3, -0.25) is 4.79 Å². The van der Waals surface area contributed by atoms with E-state index >= 15 is 0 Å². The normalized spacial score (nSPS) is 10.8. The van der Waals surface area contributed by atoms with Crippen LogP contribution >= 0.6 is 15.9 Å². The summed E-state index contributed by atoms with van der Waals surface area (Å²) in [6.07, 6.45) is 0. The summed E-state index contributed by atoms with van der Waals surface area (Å²) in [4.78, 5) is 12.4. The van der Waals surface area contributed by atoms with Crippen molar-refractivity contribution in [1.29, 1.82) is 0 Å². The Hall–Kier alpha value is -1.87. The van der Waals surface area contributed by atoms with E-state index in [0.717, 1.165) is 21.0 Å². The molecule has 0 aliphatic carbocycles. The molecule has 2 nitrogen and oxygen atoms in total. The van der Waals surface area contributed by atoms with Gasteiger partial charge in [-0.1, -0.05) is 34.1 Å². The maximum atomic E-state index is 12.4. The van der Waals surface area contributed by atoms with Crippen molar-refractivity contribution in [3.63, 3.8) is 0 Å². The predicted molar refractivity (Wildman–Crippen MR) is 78.5 cm³/mol. The van der Waals surface area contributed by atoms with Crippen LogP contribution in [0.1, 0.15) is 21.7 Å². The number of ketones is 1. The number of hydrogen-bond acceptors (Lipinski definition) is 2. The molecule has 0 radical (unpaired) electrons. The third-order valence-electron chi connectivity index (χ3n) is 3.07. The molecule has 0 saturated heterocycles. The lowest BCUT2D eigenvalue weighted by molar-refractivity contribution is 0.101. The van der Waals surface area contributed by atoms with Crippen molar-refractivity contribution in [2.75, 3.05) is 0 Å². The summed E-state index contributed by atoms with van der Waals surface area (Å²) in [7, 11) is 0. The highest BCUT2D eigenvalue weighted by atomic mass is 79.9. The second-order valence-corrected chi connectivity index (χ2v) is 5.30. The number of aryl methyl sites for hydroxylation is 1. The van der Waals surface area contributed by atoms with Gasteiger partial charge < -0.3 is 4.42 Å². The molecule has 3 heteroatoms. The molecular weight excluding hydrogens is 304 g/mol. The van der Waals surface area contributed by atoms with Crippen molar-refractivity contribution in [1.82, 2.24) is 0 Å². The van der Waals surface area contributed by atoms with Crippen molar-refractivity contribution in [2.45, 2.75) is 6.92 Å². The maximum absolute atomic E-state index is 12.4. The molecule has 0 atom stereocenters. The Morgan fingerprint density at radius 3 is 2.63 bits per heavy atom. The number of para-hydroxylation sites is 1. The standard InChI is InChI=1S/C16H11BrO2/c1-10-8-12(6-7-13(10)17)16(18)15-9-11-4-2-3-5-14(11)19-15/h2-9H,1H3. The van der Waals surface area contributed by atoms with E-state index < -0.39 is 0 Å². The summed E-state index contributed by atoms with van der Waals surface area (Å²) in [5.74, 6) is 0.287. The molecule has 3 aromatic rings. The molecule has 1 aromatic heterocycles. The fourth-order valence-corrected chi connectivity index (χ4v) is 2.27. The van der Waals surface area contributed by atoms with Crippen molar-refractivity contribution >= 4 is 32.7 Å². The lowest BCUT2D eigenvalue weighted by atomic mass is 10.1. The van der Waals surface area contributed by atoms with E-state index in [9.17, 15) is 4.79 Å². The highest BCUT2D eigenvalue weighted by molar-refractivity contribution is 9.10. The van der Waals surface area contributed by atoms with Gasteiger partial charge in [0.1, 0.15) is 5.58 Å². The van der Waals surface area contributed by atoms with Crippen molar-refractivity contribution < 1.29 is 9.21 Å². The molecule has 0 fully saturated rings. The van der Waals surface area contributed by atoms with Crippen LogP contribution in [0.3, 0.4) is 0 Å². The third-order valence-corrected chi connectivity index (χ3v) is 3.96. The molecule has 0 amide bonds. The van der Waals surface area contributed by atoms with Gasteiger partial charge in [0.2, 0.25) is 5.78 Å². The minimum Gasteiger partial charge on any atom is -0.453 e. The second-order valence-electron chi connectivity index (χ2n) is 4.44. The molecule has 0 spiro atoms. The third kappa shape index (κ3) is 2.22. The molecule has 2 aromatic carbocycles. The highest BCUT2D eigenvalue weighted by Crippen LogP contribution is 2.23. The molecule has 0 aliphatic rings. The zero-order chi connectivity index (χ0) is 13.4. The average Bonchev–Trinajstić information content (AvgIpc) is 2.85. The SMILES string of the molecule is Cc1cc(C(=O)c2cc3ccccc3o2)ccc1Br. The van der Waals surface area contributed by atoms with Gasteiger partial charge in [-0.15, -0.1) is 0 Å². The lowest BCUT2D eigenvalue weighted by Crippen LogP contribution is -1.99. The van der Waals surface area contributed by atoms with Gasteiger partial charge in [0.05, 0.1) is 0 Å². The van der Waals surface area contributed by atoms with E-state index in [4.69, 9.17) is 4.42 Å². The second kappa shape index (κ2) is 4.67. The summed E-state index contributed by atoms with van der Waals surface area (Å²) < 4.78 is 6.59. The molecule has 19 heavy (non-hydrogen) atoms. The van der Waals surface area contributed by atoms with Gasteiger partial charge in [-0.05, 0) is 42.8 Å². The lowest BCUT2D eigenvalue weighted by Gasteiger charge is -2.01. The van der Waals surface area contributed by atoms with Gasteiger partial charge in [-0.2, -0.15) is 0 Å². The number of rotatable bonds is 2. The molecule has 0 unspecified atom stereocenters. The summed E-state index contributed by atoms with van der Waals surface area (Å²) in [5, 5.41) is 0.944. The topological polar surface area (TPSA) is 30.2 Å². The molecule has 1 heterocycles. The number of fused-ring (bicyclic) bond motifs is 1. The fraction of sp³-hybridized carbons (Fsp3) is 0.0625. The van der Waals surface area contributed by atoms with Crippen molar-refractivity contribution in [3.8, 4) is 0 Å². The van der Waals surface area contributed by atoms with E-state index in [1.54, 1.807) is 12.1 Å². The molecular formula is C16H11BrO2. The Labute approximate surface area is 119 Å². The number of hydrogen-bond donors (Lipinski definition) is 0. The molecule has 0 saturated carbocycles. The van der Waals surface area contributed by atoms with Crippen LogP contribution in [0.25, 0.3) is 11.0 Å². The summed E-state index contributed by atoms with van der Waals surface area (Å²) in [5.41, 5.74) is 2.40. The molecule has 3 rings (SSSR count). The number of carbonyl (C=O) groups is 1. The maximum Gasteiger partial charge on any atom is 0.228 e. The van der Waals surface area contributed by atoms with Crippen LogP contribution in [0, 0.1) is 6.92 Å². The van der Waals surface area contributed by atoms with Crippen LogP contribution in [0.15, 0.2) is 57.4 Å². The summed E-state index contributed by atoms with van der Waals surface area (Å²) in [6.45, 7) is 1.96. The largest absolute Gasteiger partial charge is 0.453 e. The molecule has 0 aliphatic heterocycles. The number of halogens is 1. The quantitative estimate of drug-likeness (QED) is 0.640. The zero-order valence-electron chi connectivity index (χ0n) is 10.3. The Bertz CT molecular complexity index is 738. The number of furan rings is 1. The van der Waals surface area contributed by atoms with E-state index in [1.807, 2.05) is 43.3 Å². The first-order chi connectivity index (χ1) is 9.15. The first-order valence-corrected chi connectivity index (χ1v) is 6.74. The van der Waals surface area contributed by atoms with Gasteiger partial charge in [0.25, 0.3) is 0 Å². The summed E-state index contributed by atoms with van der Waals surface area (Å²) in [6, 6.07) is 14.9. The molecule has 0 bridgehead atoms. The minimum absolute atomic E-state index is 0.0909. The van der Waals surface area contributed by atoms with Gasteiger partial charge in [0.15, 0.2) is 5.76 Å². The average molecular weight is 315 g/mol. The monoisotopic (exact) mass is 314 g/mol. The molecule has 0 N–H and O–H groups in total. The van der Waals surface area contributed by atoms with Gasteiger partial charge >= 0.3 is 0 Å². The Morgan fingerprint density at radius 2 is 1.89 bits per heavy atom. The molecule has 94 valence electrons. The van der Waals surface area contributed by atoms with Crippen LogP contribution in [0.2, 0.25) is 0 Å². The predicted octanol–water partition coefficient (Wildman–Crippen LogP) is 4.73. The van der Waals surface area contributed by atoms with Crippen LogP contribution in [0.5, 0.6) is 0 Å². The smallest absolute Gasteiger partial charge is 0.228 e. The Morgan fingerprint density at radius 1 is 1.11 bits per heavy atom. The van der Waals surface area contributed by atoms with E-state index in [-0.39, 0.29) is 5.78 Å². The van der Waals surface area contributed by atoms with E-state index in [0.29, 0.717) is 11.3 Å². The van der Waals surface area contributed by atoms with Crippen molar-refractivity contribution in [2.24, 2.45) is 0 Å². The Kier molecular flexibility index (Phi) is 2.99. The Balaban J connectivity index is 2.05. The van der Waals surface area contributed by atoms with Crippen LogP contribution in [0.4, 0.5) is 0 Å². The number of benzene rings is 2. The van der Waals surface area contributed by atoms with Crippen LogP contribution in [-0.2, 0) is 0 Å². The van der Waals surface area contributed by atoms with E-state index in [2.05, 4.69) is 15.9 Å². The summed E-state index contributed by atoms with van der Waals surface area (Å²) >= 11 is 3.43. The van der Waals surface area contributed by atoms with Crippen LogP contribution < -0.4 is 0 Å². The first kappa shape index (κ1) is 12.2. The van der Waals surface area contributed by atoms with Crippen molar-refractivity contribution in [3.05, 3.63) is 69.9 Å². The van der Waals surface area contributed by atoms with E-state index in [1.165, 1.54) is 0 Å². The van der Waals surface area contributed by atoms with Gasteiger partial charge in [0, 0.05) is 15.4 Å². The fourth-order valence-electron chi connectivity index (χ4n) is 2.02. The number of carbonyl (C=O) groups excluding carboxylic acids is 1. The zero-order valence-corrected chi connectivity index (χ0v) is 11.9. The minimum atomic E-state index is -0.0909. The highest BCUT2D eigenvalue weighted by Gasteiger charge is 2.14.